The number of nitro benzene ring substituents is 1. The fraction of sp³-hybridized carbons (Fsp3) is 0.538. The highest BCUT2D eigenvalue weighted by atomic mass is 35.5. The zero-order valence-corrected chi connectivity index (χ0v) is 13.7. The van der Waals surface area contributed by atoms with E-state index in [4.69, 9.17) is 17.3 Å². The highest BCUT2D eigenvalue weighted by Crippen LogP contribution is 2.31. The van der Waals surface area contributed by atoms with Gasteiger partial charge in [-0.15, -0.1) is 0 Å². The van der Waals surface area contributed by atoms with Crippen LogP contribution >= 0.6 is 11.6 Å². The summed E-state index contributed by atoms with van der Waals surface area (Å²) < 4.78 is 26.7. The number of piperidine rings is 1. The third-order valence-electron chi connectivity index (χ3n) is 3.91. The molecule has 2 atom stereocenters. The molecule has 0 radical (unpaired) electrons. The van der Waals surface area contributed by atoms with Crippen molar-refractivity contribution in [3.8, 4) is 0 Å². The topological polar surface area (TPSA) is 107 Å². The van der Waals surface area contributed by atoms with Gasteiger partial charge in [-0.05, 0) is 31.7 Å². The SMILES string of the molecule is CC(N)C1CCCN(S(=O)(=O)c2ccc([N+](=O)[O-])cc2Cl)C1. The summed E-state index contributed by atoms with van der Waals surface area (Å²) in [5.74, 6) is 0.0975. The molecule has 2 rings (SSSR count). The molecule has 0 bridgehead atoms. The maximum Gasteiger partial charge on any atom is 0.271 e. The van der Waals surface area contributed by atoms with E-state index in [1.54, 1.807) is 0 Å². The van der Waals surface area contributed by atoms with E-state index in [1.165, 1.54) is 10.4 Å². The van der Waals surface area contributed by atoms with Crippen LogP contribution in [0.3, 0.4) is 0 Å². The molecule has 0 aliphatic carbocycles. The molecule has 1 fully saturated rings. The minimum Gasteiger partial charge on any atom is -0.328 e. The van der Waals surface area contributed by atoms with Gasteiger partial charge < -0.3 is 5.73 Å². The molecule has 7 nitrogen and oxygen atoms in total. The van der Waals surface area contributed by atoms with Gasteiger partial charge in [-0.2, -0.15) is 4.31 Å². The van der Waals surface area contributed by atoms with Crippen LogP contribution in [0, 0.1) is 16.0 Å². The van der Waals surface area contributed by atoms with Crippen LogP contribution < -0.4 is 5.73 Å². The number of nitro groups is 1. The molecular formula is C13H18ClN3O4S. The molecule has 0 amide bonds. The molecule has 22 heavy (non-hydrogen) atoms. The van der Waals surface area contributed by atoms with Crippen LogP contribution in [0.25, 0.3) is 0 Å². The van der Waals surface area contributed by atoms with Crippen LogP contribution in [0.5, 0.6) is 0 Å². The monoisotopic (exact) mass is 347 g/mol. The van der Waals surface area contributed by atoms with Crippen LogP contribution in [0.1, 0.15) is 19.8 Å². The van der Waals surface area contributed by atoms with Crippen molar-refractivity contribution >= 4 is 27.3 Å². The second-order valence-electron chi connectivity index (χ2n) is 5.50. The lowest BCUT2D eigenvalue weighted by Gasteiger charge is -2.33. The average molecular weight is 348 g/mol. The van der Waals surface area contributed by atoms with Crippen molar-refractivity contribution in [2.24, 2.45) is 11.7 Å². The smallest absolute Gasteiger partial charge is 0.271 e. The zero-order valence-electron chi connectivity index (χ0n) is 12.1. The van der Waals surface area contributed by atoms with Gasteiger partial charge in [0.25, 0.3) is 5.69 Å². The molecule has 1 aromatic carbocycles. The number of sulfonamides is 1. The highest BCUT2D eigenvalue weighted by Gasteiger charge is 2.33. The van der Waals surface area contributed by atoms with Crippen molar-refractivity contribution < 1.29 is 13.3 Å². The lowest BCUT2D eigenvalue weighted by atomic mass is 9.93. The Bertz CT molecular complexity index is 678. The number of nitrogens with two attached hydrogens (primary N) is 1. The van der Waals surface area contributed by atoms with E-state index in [-0.39, 0.29) is 27.6 Å². The van der Waals surface area contributed by atoms with Crippen LogP contribution in [0.15, 0.2) is 23.1 Å². The Hall–Kier alpha value is -1.22. The third kappa shape index (κ3) is 3.40. The number of non-ortho nitro benzene ring substituents is 1. The number of halogens is 1. The summed E-state index contributed by atoms with van der Waals surface area (Å²) in [5.41, 5.74) is 5.63. The van der Waals surface area contributed by atoms with E-state index in [9.17, 15) is 18.5 Å². The van der Waals surface area contributed by atoms with Gasteiger partial charge >= 0.3 is 0 Å². The van der Waals surface area contributed by atoms with Crippen molar-refractivity contribution in [2.45, 2.75) is 30.7 Å². The molecular weight excluding hydrogens is 330 g/mol. The van der Waals surface area contributed by atoms with Crippen LogP contribution in [-0.2, 0) is 10.0 Å². The standard InChI is InChI=1S/C13H18ClN3O4S/c1-9(15)10-3-2-6-16(8-10)22(20,21)13-5-4-11(17(18)19)7-12(13)14/h4-5,7,9-10H,2-3,6,8,15H2,1H3. The summed E-state index contributed by atoms with van der Waals surface area (Å²) >= 11 is 5.94. The Balaban J connectivity index is 2.32. The first-order valence-electron chi connectivity index (χ1n) is 6.93. The molecule has 1 saturated heterocycles. The molecule has 1 heterocycles. The second kappa shape index (κ2) is 6.49. The summed E-state index contributed by atoms with van der Waals surface area (Å²) in [6.45, 7) is 2.60. The summed E-state index contributed by atoms with van der Waals surface area (Å²) in [5, 5.41) is 10.6. The molecule has 122 valence electrons. The summed E-state index contributed by atoms with van der Waals surface area (Å²) in [6.07, 6.45) is 1.62. The predicted octanol–water partition coefficient (Wildman–Crippen LogP) is 2.00. The van der Waals surface area contributed by atoms with Gasteiger partial charge in [0.15, 0.2) is 0 Å². The van der Waals surface area contributed by atoms with Gasteiger partial charge in [-0.25, -0.2) is 8.42 Å². The molecule has 1 aromatic rings. The summed E-state index contributed by atoms with van der Waals surface area (Å²) in [7, 11) is -3.78. The number of nitrogens with zero attached hydrogens (tertiary/aromatic N) is 2. The molecule has 0 spiro atoms. The first-order chi connectivity index (χ1) is 10.2. The Morgan fingerprint density at radius 2 is 2.18 bits per heavy atom. The fourth-order valence-electron chi connectivity index (χ4n) is 2.57. The van der Waals surface area contributed by atoms with Gasteiger partial charge in [0.1, 0.15) is 4.90 Å². The quantitative estimate of drug-likeness (QED) is 0.662. The number of hydrogen-bond donors (Lipinski definition) is 1. The van der Waals surface area contributed by atoms with E-state index in [0.717, 1.165) is 25.0 Å². The van der Waals surface area contributed by atoms with Crippen molar-refractivity contribution in [1.29, 1.82) is 0 Å². The maximum absolute atomic E-state index is 12.7. The minimum atomic E-state index is -3.78. The van der Waals surface area contributed by atoms with Gasteiger partial charge in [-0.3, -0.25) is 10.1 Å². The summed E-state index contributed by atoms with van der Waals surface area (Å²) in [6, 6.07) is 3.30. The van der Waals surface area contributed by atoms with Gasteiger partial charge in [-0.1, -0.05) is 11.6 Å². The molecule has 1 aliphatic rings. The Kier molecular flexibility index (Phi) is 5.06. The number of rotatable bonds is 4. The van der Waals surface area contributed by atoms with E-state index in [2.05, 4.69) is 0 Å². The van der Waals surface area contributed by atoms with Gasteiger partial charge in [0, 0.05) is 31.3 Å². The number of hydrogen-bond acceptors (Lipinski definition) is 5. The second-order valence-corrected chi connectivity index (χ2v) is 7.81. The fourth-order valence-corrected chi connectivity index (χ4v) is 4.62. The Morgan fingerprint density at radius 3 is 2.73 bits per heavy atom. The van der Waals surface area contributed by atoms with Gasteiger partial charge in [0.2, 0.25) is 10.0 Å². The van der Waals surface area contributed by atoms with E-state index in [0.29, 0.717) is 13.1 Å². The molecule has 0 aromatic heterocycles. The molecule has 9 heteroatoms. The number of benzene rings is 1. The van der Waals surface area contributed by atoms with E-state index in [1.807, 2.05) is 6.92 Å². The Labute approximate surface area is 134 Å². The van der Waals surface area contributed by atoms with E-state index < -0.39 is 14.9 Å². The van der Waals surface area contributed by atoms with Crippen LogP contribution in [0.4, 0.5) is 5.69 Å². The average Bonchev–Trinajstić information content (AvgIpc) is 2.46. The normalized spacial score (nSPS) is 21.5. The molecule has 2 N–H and O–H groups in total. The van der Waals surface area contributed by atoms with Crippen molar-refractivity contribution in [3.05, 3.63) is 33.3 Å². The Morgan fingerprint density at radius 1 is 1.50 bits per heavy atom. The first kappa shape index (κ1) is 17.1. The van der Waals surface area contributed by atoms with Crippen molar-refractivity contribution in [1.82, 2.24) is 4.31 Å². The lowest BCUT2D eigenvalue weighted by Crippen LogP contribution is -2.45. The predicted molar refractivity (Wildman–Crippen MR) is 83.2 cm³/mol. The summed E-state index contributed by atoms with van der Waals surface area (Å²) in [4.78, 5) is 9.98. The van der Waals surface area contributed by atoms with Crippen molar-refractivity contribution in [3.63, 3.8) is 0 Å². The molecule has 1 aliphatic heterocycles. The maximum atomic E-state index is 12.7. The van der Waals surface area contributed by atoms with Gasteiger partial charge in [0.05, 0.1) is 9.95 Å². The third-order valence-corrected chi connectivity index (χ3v) is 6.26. The van der Waals surface area contributed by atoms with Crippen molar-refractivity contribution in [2.75, 3.05) is 13.1 Å². The zero-order chi connectivity index (χ0) is 16.5. The molecule has 0 saturated carbocycles. The first-order valence-corrected chi connectivity index (χ1v) is 8.75. The molecule has 2 unspecified atom stereocenters. The van der Waals surface area contributed by atoms with Crippen LogP contribution in [0.2, 0.25) is 5.02 Å². The minimum absolute atomic E-state index is 0.0923. The lowest BCUT2D eigenvalue weighted by molar-refractivity contribution is -0.384. The largest absolute Gasteiger partial charge is 0.328 e. The highest BCUT2D eigenvalue weighted by molar-refractivity contribution is 7.89. The van der Waals surface area contributed by atoms with E-state index >= 15 is 0 Å². The van der Waals surface area contributed by atoms with Crippen LogP contribution in [-0.4, -0.2) is 36.8 Å².